The van der Waals surface area contributed by atoms with Crippen LogP contribution in [0.1, 0.15) is 31.4 Å². The van der Waals surface area contributed by atoms with Gasteiger partial charge in [0.1, 0.15) is 12.4 Å². The van der Waals surface area contributed by atoms with Crippen molar-refractivity contribution in [2.45, 2.75) is 25.9 Å². The summed E-state index contributed by atoms with van der Waals surface area (Å²) in [5.74, 6) is -0.194. The molecule has 1 amide bonds. The molecular weight excluding hydrogens is 273 g/mol. The van der Waals surface area contributed by atoms with E-state index in [1.165, 1.54) is 12.1 Å². The second-order valence-electron chi connectivity index (χ2n) is 5.35. The van der Waals surface area contributed by atoms with Crippen molar-refractivity contribution in [3.63, 3.8) is 0 Å². The number of aliphatic hydroxyl groups excluding tert-OH is 1. The Kier molecular flexibility index (Phi) is 5.70. The Balaban J connectivity index is 1.85. The fourth-order valence-electron chi connectivity index (χ4n) is 2.68. The van der Waals surface area contributed by atoms with Gasteiger partial charge in [-0.1, -0.05) is 12.1 Å². The van der Waals surface area contributed by atoms with Gasteiger partial charge in [0, 0.05) is 19.7 Å². The SMILES string of the molecule is CCOCC(=O)N1CCC([C@@H](O)c2ccc(F)cc2)CC1. The summed E-state index contributed by atoms with van der Waals surface area (Å²) in [7, 11) is 0. The lowest BCUT2D eigenvalue weighted by Crippen LogP contribution is -2.41. The summed E-state index contributed by atoms with van der Waals surface area (Å²) in [4.78, 5) is 13.6. The van der Waals surface area contributed by atoms with Gasteiger partial charge in [0.05, 0.1) is 6.10 Å². The van der Waals surface area contributed by atoms with E-state index in [0.29, 0.717) is 19.7 Å². The third-order valence-electron chi connectivity index (χ3n) is 3.98. The van der Waals surface area contributed by atoms with Gasteiger partial charge in [-0.3, -0.25) is 4.79 Å². The van der Waals surface area contributed by atoms with Gasteiger partial charge in [0.25, 0.3) is 0 Å². The van der Waals surface area contributed by atoms with Crippen molar-refractivity contribution in [1.29, 1.82) is 0 Å². The Bertz CT molecular complexity index is 455. The molecule has 0 spiro atoms. The second kappa shape index (κ2) is 7.52. The van der Waals surface area contributed by atoms with Gasteiger partial charge in [0.2, 0.25) is 5.91 Å². The van der Waals surface area contributed by atoms with Crippen LogP contribution in [-0.4, -0.2) is 42.2 Å². The van der Waals surface area contributed by atoms with E-state index in [1.807, 2.05) is 6.92 Å². The maximum absolute atomic E-state index is 12.9. The van der Waals surface area contributed by atoms with E-state index in [0.717, 1.165) is 18.4 Å². The van der Waals surface area contributed by atoms with Crippen LogP contribution in [0.2, 0.25) is 0 Å². The number of amides is 1. The minimum Gasteiger partial charge on any atom is -0.388 e. The number of carbonyl (C=O) groups is 1. The van der Waals surface area contributed by atoms with Gasteiger partial charge in [-0.25, -0.2) is 4.39 Å². The molecule has 1 N–H and O–H groups in total. The number of halogens is 1. The molecule has 1 aromatic rings. The summed E-state index contributed by atoms with van der Waals surface area (Å²) in [6.45, 7) is 3.79. The molecule has 1 atom stereocenters. The van der Waals surface area contributed by atoms with Crippen LogP contribution in [-0.2, 0) is 9.53 Å². The molecule has 1 aliphatic heterocycles. The van der Waals surface area contributed by atoms with Crippen LogP contribution >= 0.6 is 0 Å². The molecule has 1 heterocycles. The fraction of sp³-hybridized carbons (Fsp3) is 0.562. The first kappa shape index (κ1) is 15.9. The van der Waals surface area contributed by atoms with Gasteiger partial charge in [-0.05, 0) is 43.4 Å². The Hall–Kier alpha value is -1.46. The third kappa shape index (κ3) is 4.25. The molecule has 1 saturated heterocycles. The number of likely N-dealkylation sites (tertiary alicyclic amines) is 1. The molecular formula is C16H22FNO3. The van der Waals surface area contributed by atoms with Crippen molar-refractivity contribution in [2.24, 2.45) is 5.92 Å². The number of piperidine rings is 1. The Morgan fingerprint density at radius 3 is 2.57 bits per heavy atom. The van der Waals surface area contributed by atoms with Crippen molar-refractivity contribution in [3.05, 3.63) is 35.6 Å². The zero-order valence-electron chi connectivity index (χ0n) is 12.3. The molecule has 21 heavy (non-hydrogen) atoms. The highest BCUT2D eigenvalue weighted by Crippen LogP contribution is 2.30. The van der Waals surface area contributed by atoms with Crippen LogP contribution in [0.5, 0.6) is 0 Å². The second-order valence-corrected chi connectivity index (χ2v) is 5.35. The minimum absolute atomic E-state index is 0.00609. The van der Waals surface area contributed by atoms with E-state index in [2.05, 4.69) is 0 Å². The summed E-state index contributed by atoms with van der Waals surface area (Å²) in [5.41, 5.74) is 0.732. The van der Waals surface area contributed by atoms with Crippen LogP contribution in [0, 0.1) is 11.7 Å². The van der Waals surface area contributed by atoms with E-state index in [1.54, 1.807) is 17.0 Å². The summed E-state index contributed by atoms with van der Waals surface area (Å²) in [5, 5.41) is 10.4. The summed E-state index contributed by atoms with van der Waals surface area (Å²) in [6.07, 6.45) is 0.891. The average Bonchev–Trinajstić information content (AvgIpc) is 2.53. The van der Waals surface area contributed by atoms with Crippen molar-refractivity contribution >= 4 is 5.91 Å². The molecule has 5 heteroatoms. The number of benzene rings is 1. The first-order chi connectivity index (χ1) is 10.1. The van der Waals surface area contributed by atoms with Crippen molar-refractivity contribution < 1.29 is 19.0 Å². The highest BCUT2D eigenvalue weighted by Gasteiger charge is 2.28. The van der Waals surface area contributed by atoms with E-state index in [-0.39, 0.29) is 24.2 Å². The molecule has 0 saturated carbocycles. The molecule has 0 bridgehead atoms. The lowest BCUT2D eigenvalue weighted by Gasteiger charge is -2.34. The van der Waals surface area contributed by atoms with E-state index in [9.17, 15) is 14.3 Å². The largest absolute Gasteiger partial charge is 0.388 e. The predicted molar refractivity (Wildman–Crippen MR) is 77.2 cm³/mol. The molecule has 0 unspecified atom stereocenters. The number of hydrogen-bond acceptors (Lipinski definition) is 3. The molecule has 0 aromatic heterocycles. The van der Waals surface area contributed by atoms with Crippen LogP contribution in [0.4, 0.5) is 4.39 Å². The third-order valence-corrected chi connectivity index (χ3v) is 3.98. The van der Waals surface area contributed by atoms with Crippen LogP contribution in [0.3, 0.4) is 0 Å². The fourth-order valence-corrected chi connectivity index (χ4v) is 2.68. The van der Waals surface area contributed by atoms with Gasteiger partial charge >= 0.3 is 0 Å². The number of carbonyl (C=O) groups excluding carboxylic acids is 1. The molecule has 1 aliphatic rings. The summed E-state index contributed by atoms with van der Waals surface area (Å²) in [6, 6.07) is 5.96. The zero-order valence-corrected chi connectivity index (χ0v) is 12.3. The first-order valence-electron chi connectivity index (χ1n) is 7.41. The van der Waals surface area contributed by atoms with E-state index in [4.69, 9.17) is 4.74 Å². The smallest absolute Gasteiger partial charge is 0.248 e. The molecule has 1 aromatic carbocycles. The van der Waals surface area contributed by atoms with E-state index < -0.39 is 6.10 Å². The minimum atomic E-state index is -0.602. The highest BCUT2D eigenvalue weighted by molar-refractivity contribution is 5.77. The monoisotopic (exact) mass is 295 g/mol. The van der Waals surface area contributed by atoms with Crippen molar-refractivity contribution in [2.75, 3.05) is 26.3 Å². The van der Waals surface area contributed by atoms with Gasteiger partial charge < -0.3 is 14.7 Å². The van der Waals surface area contributed by atoms with Crippen molar-refractivity contribution in [3.8, 4) is 0 Å². The molecule has 0 radical (unpaired) electrons. The highest BCUT2D eigenvalue weighted by atomic mass is 19.1. The topological polar surface area (TPSA) is 49.8 Å². The van der Waals surface area contributed by atoms with Gasteiger partial charge in [-0.2, -0.15) is 0 Å². The van der Waals surface area contributed by atoms with Crippen LogP contribution in [0.15, 0.2) is 24.3 Å². The van der Waals surface area contributed by atoms with E-state index >= 15 is 0 Å². The van der Waals surface area contributed by atoms with Crippen molar-refractivity contribution in [1.82, 2.24) is 4.90 Å². The Morgan fingerprint density at radius 2 is 2.00 bits per heavy atom. The first-order valence-corrected chi connectivity index (χ1v) is 7.41. The number of aliphatic hydroxyl groups is 1. The number of rotatable bonds is 5. The van der Waals surface area contributed by atoms with Crippen LogP contribution in [0.25, 0.3) is 0 Å². The molecule has 0 aliphatic carbocycles. The van der Waals surface area contributed by atoms with Crippen LogP contribution < -0.4 is 0 Å². The molecule has 116 valence electrons. The van der Waals surface area contributed by atoms with Gasteiger partial charge in [-0.15, -0.1) is 0 Å². The average molecular weight is 295 g/mol. The Morgan fingerprint density at radius 1 is 1.38 bits per heavy atom. The summed E-state index contributed by atoms with van der Waals surface area (Å²) >= 11 is 0. The zero-order chi connectivity index (χ0) is 15.2. The maximum Gasteiger partial charge on any atom is 0.248 e. The molecule has 4 nitrogen and oxygen atoms in total. The number of hydrogen-bond donors (Lipinski definition) is 1. The summed E-state index contributed by atoms with van der Waals surface area (Å²) < 4.78 is 18.0. The standard InChI is InChI=1S/C16H22FNO3/c1-2-21-11-15(19)18-9-7-13(8-10-18)16(20)12-3-5-14(17)6-4-12/h3-6,13,16,20H,2,7-11H2,1H3/t16-/m0/s1. The maximum atomic E-state index is 12.9. The predicted octanol–water partition coefficient (Wildman–Crippen LogP) is 2.13. The Labute approximate surface area is 124 Å². The lowest BCUT2D eigenvalue weighted by atomic mass is 9.87. The number of nitrogens with zero attached hydrogens (tertiary/aromatic N) is 1. The lowest BCUT2D eigenvalue weighted by molar-refractivity contribution is -0.138. The molecule has 1 fully saturated rings. The van der Waals surface area contributed by atoms with Gasteiger partial charge in [0.15, 0.2) is 0 Å². The number of ether oxygens (including phenoxy) is 1. The normalized spacial score (nSPS) is 17.8. The molecule has 2 rings (SSSR count). The quantitative estimate of drug-likeness (QED) is 0.905.